The van der Waals surface area contributed by atoms with Gasteiger partial charge in [-0.05, 0) is 65.7 Å². The lowest BCUT2D eigenvalue weighted by Crippen LogP contribution is -2.23. The van der Waals surface area contributed by atoms with Gasteiger partial charge in [-0.3, -0.25) is 9.69 Å². The summed E-state index contributed by atoms with van der Waals surface area (Å²) in [5.41, 5.74) is 5.24. The number of allylic oxidation sites excluding steroid dienone is 2. The van der Waals surface area contributed by atoms with Crippen LogP contribution in [0.2, 0.25) is 0 Å². The number of carbonyl (C=O) groups excluding carboxylic acids is 1. The van der Waals surface area contributed by atoms with Gasteiger partial charge in [0.25, 0.3) is 5.91 Å². The predicted octanol–water partition coefficient (Wildman–Crippen LogP) is 8.29. The topological polar surface area (TPSA) is 41.9 Å². The van der Waals surface area contributed by atoms with E-state index in [-0.39, 0.29) is 5.91 Å². The molecule has 0 unspecified atom stereocenters. The fourth-order valence-electron chi connectivity index (χ4n) is 3.09. The molecule has 1 aliphatic rings. The van der Waals surface area contributed by atoms with E-state index in [0.29, 0.717) is 10.1 Å². The normalized spacial score (nSPS) is 14.5. The van der Waals surface area contributed by atoms with Crippen LogP contribution >= 0.6 is 11.8 Å². The van der Waals surface area contributed by atoms with Crippen molar-refractivity contribution in [3.8, 4) is 16.9 Å². The van der Waals surface area contributed by atoms with E-state index in [4.69, 9.17) is 4.74 Å². The van der Waals surface area contributed by atoms with Gasteiger partial charge in [-0.25, -0.2) is 4.99 Å². The minimum absolute atomic E-state index is 0.0370. The number of carbonyl (C=O) groups is 1. The molecule has 3 aromatic rings. The van der Waals surface area contributed by atoms with Gasteiger partial charge in [0.1, 0.15) is 5.75 Å². The van der Waals surface area contributed by atoms with Crippen LogP contribution in [0, 0.1) is 6.92 Å². The molecular formula is C31H34N2O2S. The van der Waals surface area contributed by atoms with Crippen molar-refractivity contribution in [1.29, 1.82) is 0 Å². The van der Waals surface area contributed by atoms with Crippen molar-refractivity contribution in [3.63, 3.8) is 0 Å². The Morgan fingerprint density at radius 1 is 0.861 bits per heavy atom. The van der Waals surface area contributed by atoms with E-state index in [0.717, 1.165) is 28.1 Å². The second-order valence-corrected chi connectivity index (χ2v) is 8.54. The number of rotatable bonds is 5. The van der Waals surface area contributed by atoms with Gasteiger partial charge in [0.05, 0.1) is 17.7 Å². The van der Waals surface area contributed by atoms with E-state index in [1.807, 2.05) is 87.5 Å². The molecule has 0 bridgehead atoms. The number of hydrogen-bond donors (Lipinski definition) is 0. The molecule has 3 aromatic carbocycles. The summed E-state index contributed by atoms with van der Waals surface area (Å²) in [5.74, 6) is 0.800. The zero-order valence-electron chi connectivity index (χ0n) is 21.7. The quantitative estimate of drug-likeness (QED) is 0.262. The van der Waals surface area contributed by atoms with E-state index >= 15 is 0 Å². The number of thioether (sulfide) groups is 1. The second-order valence-electron chi connectivity index (χ2n) is 7.53. The number of nitrogens with zero attached hydrogens (tertiary/aromatic N) is 2. The highest BCUT2D eigenvalue weighted by molar-refractivity contribution is 8.18. The maximum atomic E-state index is 12.7. The van der Waals surface area contributed by atoms with E-state index in [1.165, 1.54) is 17.3 Å². The van der Waals surface area contributed by atoms with Gasteiger partial charge in [0.2, 0.25) is 0 Å². The number of benzene rings is 3. The van der Waals surface area contributed by atoms with Crippen molar-refractivity contribution in [2.24, 2.45) is 4.99 Å². The molecule has 1 amide bonds. The van der Waals surface area contributed by atoms with Gasteiger partial charge < -0.3 is 4.74 Å². The van der Waals surface area contributed by atoms with Crippen molar-refractivity contribution in [1.82, 2.24) is 4.90 Å². The van der Waals surface area contributed by atoms with E-state index < -0.39 is 0 Å². The lowest BCUT2D eigenvalue weighted by Gasteiger charge is -2.07. The monoisotopic (exact) mass is 498 g/mol. The molecule has 1 saturated heterocycles. The first-order chi connectivity index (χ1) is 17.4. The highest BCUT2D eigenvalue weighted by atomic mass is 32.2. The summed E-state index contributed by atoms with van der Waals surface area (Å²) in [5, 5.41) is 0.685. The molecule has 1 aliphatic heterocycles. The van der Waals surface area contributed by atoms with Crippen LogP contribution in [-0.4, -0.2) is 30.1 Å². The van der Waals surface area contributed by atoms with E-state index in [2.05, 4.69) is 30.3 Å². The molecule has 4 rings (SSSR count). The maximum absolute atomic E-state index is 12.7. The standard InChI is InChI=1S/C25H22N2O2S.C4H6.C2H6/c1-17-4-12-21(13-5-17)26-25-27(2)24(28)23(30-25)16-18-6-8-19(9-7-18)20-10-14-22(29-3)15-11-20;1-3-4-2;1-2/h4-16H,1-3H3;3-4H,1-2H2;1-2H3/b23-16-,26-25?;;. The number of amidine groups is 1. The number of amides is 1. The first-order valence-corrected chi connectivity index (χ1v) is 12.6. The predicted molar refractivity (Wildman–Crippen MR) is 157 cm³/mol. The highest BCUT2D eigenvalue weighted by Crippen LogP contribution is 2.33. The van der Waals surface area contributed by atoms with Crippen LogP contribution in [-0.2, 0) is 4.79 Å². The summed E-state index contributed by atoms with van der Waals surface area (Å²) in [6, 6.07) is 24.1. The van der Waals surface area contributed by atoms with Crippen molar-refractivity contribution >= 4 is 34.6 Å². The first-order valence-electron chi connectivity index (χ1n) is 11.8. The van der Waals surface area contributed by atoms with E-state index in [1.54, 1.807) is 31.2 Å². The Labute approximate surface area is 219 Å². The minimum atomic E-state index is -0.0370. The molecule has 0 aliphatic carbocycles. The highest BCUT2D eigenvalue weighted by Gasteiger charge is 2.30. The molecule has 5 heteroatoms. The molecule has 1 heterocycles. The second kappa shape index (κ2) is 14.5. The fraction of sp³-hybridized carbons (Fsp3) is 0.161. The van der Waals surface area contributed by atoms with Crippen LogP contribution < -0.4 is 4.74 Å². The third-order valence-corrected chi connectivity index (χ3v) is 6.12. The Morgan fingerprint density at radius 2 is 1.39 bits per heavy atom. The van der Waals surface area contributed by atoms with Crippen LogP contribution in [0.3, 0.4) is 0 Å². The molecular weight excluding hydrogens is 464 g/mol. The minimum Gasteiger partial charge on any atom is -0.497 e. The largest absolute Gasteiger partial charge is 0.497 e. The lowest BCUT2D eigenvalue weighted by atomic mass is 10.0. The SMILES string of the molecule is C=CC=C.CC.COc1ccc(-c2ccc(/C=C3\SC(=Nc4ccc(C)cc4)N(C)C3=O)cc2)cc1. The molecule has 0 radical (unpaired) electrons. The summed E-state index contributed by atoms with van der Waals surface area (Å²) in [7, 11) is 3.42. The molecule has 0 N–H and O–H groups in total. The zero-order chi connectivity index (χ0) is 26.5. The summed E-state index contributed by atoms with van der Waals surface area (Å²) < 4.78 is 5.21. The molecule has 1 fully saturated rings. The van der Waals surface area contributed by atoms with Gasteiger partial charge in [0, 0.05) is 7.05 Å². The van der Waals surface area contributed by atoms with Crippen LogP contribution in [0.15, 0.2) is 108 Å². The first kappa shape index (κ1) is 28.4. The Morgan fingerprint density at radius 3 is 1.89 bits per heavy atom. The van der Waals surface area contributed by atoms with Gasteiger partial charge in [-0.2, -0.15) is 0 Å². The number of aliphatic imine (C=N–C) groups is 1. The average Bonchev–Trinajstić information content (AvgIpc) is 3.19. The number of methoxy groups -OCH3 is 1. The van der Waals surface area contributed by atoms with Crippen molar-refractivity contribution in [3.05, 3.63) is 114 Å². The Kier molecular flexibility index (Phi) is 11.5. The summed E-state index contributed by atoms with van der Waals surface area (Å²) in [6.45, 7) is 12.8. The third-order valence-electron chi connectivity index (χ3n) is 5.06. The van der Waals surface area contributed by atoms with Gasteiger partial charge in [-0.15, -0.1) is 0 Å². The zero-order valence-corrected chi connectivity index (χ0v) is 22.5. The Hall–Kier alpha value is -3.83. The van der Waals surface area contributed by atoms with Crippen molar-refractivity contribution < 1.29 is 9.53 Å². The summed E-state index contributed by atoms with van der Waals surface area (Å²) in [6.07, 6.45) is 5.19. The molecule has 0 atom stereocenters. The van der Waals surface area contributed by atoms with Gasteiger partial charge >= 0.3 is 0 Å². The molecule has 36 heavy (non-hydrogen) atoms. The number of aryl methyl sites for hydroxylation is 1. The smallest absolute Gasteiger partial charge is 0.266 e. The molecule has 186 valence electrons. The van der Waals surface area contributed by atoms with Crippen LogP contribution in [0.4, 0.5) is 5.69 Å². The van der Waals surface area contributed by atoms with Crippen molar-refractivity contribution in [2.75, 3.05) is 14.2 Å². The lowest BCUT2D eigenvalue weighted by molar-refractivity contribution is -0.121. The van der Waals surface area contributed by atoms with E-state index in [9.17, 15) is 4.79 Å². The fourth-order valence-corrected chi connectivity index (χ4v) is 4.07. The number of ether oxygens (including phenoxy) is 1. The van der Waals surface area contributed by atoms with Crippen LogP contribution in [0.1, 0.15) is 25.0 Å². The number of likely N-dealkylation sites (N-methyl/N-ethyl adjacent to an activating group) is 1. The van der Waals surface area contributed by atoms with Crippen molar-refractivity contribution in [2.45, 2.75) is 20.8 Å². The number of hydrogen-bond acceptors (Lipinski definition) is 4. The summed E-state index contributed by atoms with van der Waals surface area (Å²) in [4.78, 5) is 19.5. The molecule has 0 aromatic heterocycles. The average molecular weight is 499 g/mol. The Balaban J connectivity index is 0.000000694. The van der Waals surface area contributed by atoms with Gasteiger partial charge in [-0.1, -0.05) is 93.3 Å². The third kappa shape index (κ3) is 7.85. The van der Waals surface area contributed by atoms with Crippen LogP contribution in [0.5, 0.6) is 5.75 Å². The van der Waals surface area contributed by atoms with Gasteiger partial charge in [0.15, 0.2) is 5.17 Å². The maximum Gasteiger partial charge on any atom is 0.266 e. The Bertz CT molecular complexity index is 1200. The molecule has 4 nitrogen and oxygen atoms in total. The van der Waals surface area contributed by atoms with Crippen LogP contribution in [0.25, 0.3) is 17.2 Å². The molecule has 0 spiro atoms. The summed E-state index contributed by atoms with van der Waals surface area (Å²) >= 11 is 1.40. The molecule has 0 saturated carbocycles.